The molecule has 0 aliphatic rings. The summed E-state index contributed by atoms with van der Waals surface area (Å²) in [7, 11) is 0. The Morgan fingerprint density at radius 3 is 3.00 bits per heavy atom. The first-order valence-electron chi connectivity index (χ1n) is 5.86. The molecule has 0 aliphatic heterocycles. The minimum atomic E-state index is 0.452. The second-order valence-corrected chi connectivity index (χ2v) is 4.44. The molecule has 6 heteroatoms. The van der Waals surface area contributed by atoms with E-state index in [1.165, 1.54) is 6.33 Å². The molecule has 2 aromatic heterocycles. The van der Waals surface area contributed by atoms with E-state index in [0.29, 0.717) is 11.7 Å². The molecule has 5 nitrogen and oxygen atoms in total. The van der Waals surface area contributed by atoms with E-state index in [0.717, 1.165) is 22.8 Å². The van der Waals surface area contributed by atoms with E-state index in [2.05, 4.69) is 20.4 Å². The Bertz CT molecular complexity index is 722. The van der Waals surface area contributed by atoms with Crippen LogP contribution in [0.2, 0.25) is 0 Å². The van der Waals surface area contributed by atoms with Gasteiger partial charge in [-0.25, -0.2) is 4.98 Å². The lowest BCUT2D eigenvalue weighted by Gasteiger charge is -2.11. The molecule has 3 aromatic rings. The highest BCUT2D eigenvalue weighted by molar-refractivity contribution is 6.17. The molecule has 96 valence electrons. The summed E-state index contributed by atoms with van der Waals surface area (Å²) in [6.07, 6.45) is 1.49. The third kappa shape index (κ3) is 2.24. The maximum absolute atomic E-state index is 5.94. The van der Waals surface area contributed by atoms with Crippen LogP contribution in [0.25, 0.3) is 5.78 Å². The van der Waals surface area contributed by atoms with Gasteiger partial charge in [0.15, 0.2) is 0 Å². The van der Waals surface area contributed by atoms with E-state index >= 15 is 0 Å². The van der Waals surface area contributed by atoms with Gasteiger partial charge in [-0.15, -0.1) is 11.6 Å². The van der Waals surface area contributed by atoms with Crippen LogP contribution in [-0.2, 0) is 5.88 Å². The van der Waals surface area contributed by atoms with Gasteiger partial charge in [-0.2, -0.15) is 14.6 Å². The third-order valence-corrected chi connectivity index (χ3v) is 3.09. The first-order chi connectivity index (χ1) is 9.28. The Morgan fingerprint density at radius 2 is 2.16 bits per heavy atom. The van der Waals surface area contributed by atoms with Gasteiger partial charge in [0, 0.05) is 23.3 Å². The Morgan fingerprint density at radius 1 is 1.32 bits per heavy atom. The quantitative estimate of drug-likeness (QED) is 0.746. The second kappa shape index (κ2) is 4.85. The van der Waals surface area contributed by atoms with Crippen molar-refractivity contribution in [2.45, 2.75) is 12.8 Å². The number of para-hydroxylation sites is 1. The lowest BCUT2D eigenvalue weighted by molar-refractivity contribution is 0.936. The van der Waals surface area contributed by atoms with Gasteiger partial charge < -0.3 is 5.32 Å². The number of fused-ring (bicyclic) bond motifs is 1. The predicted octanol–water partition coefficient (Wildman–Crippen LogP) is 2.92. The number of hydrogen-bond donors (Lipinski definition) is 1. The third-order valence-electron chi connectivity index (χ3n) is 2.80. The van der Waals surface area contributed by atoms with Crippen LogP contribution in [0.5, 0.6) is 0 Å². The highest BCUT2D eigenvalue weighted by Gasteiger charge is 2.07. The molecule has 0 spiro atoms. The van der Waals surface area contributed by atoms with Crippen molar-refractivity contribution >= 4 is 28.9 Å². The van der Waals surface area contributed by atoms with E-state index in [1.807, 2.05) is 37.3 Å². The van der Waals surface area contributed by atoms with Crippen LogP contribution in [-0.4, -0.2) is 19.6 Å². The average Bonchev–Trinajstić information content (AvgIpc) is 2.87. The standard InChI is InChI=1S/C13H12ClN5/c1-9-6-12(19-13(17-9)15-8-16-19)18-11-5-3-2-4-10(11)7-14/h2-6,8,18H,7H2,1H3. The van der Waals surface area contributed by atoms with Crippen LogP contribution in [0, 0.1) is 6.92 Å². The normalized spacial score (nSPS) is 10.8. The lowest BCUT2D eigenvalue weighted by Crippen LogP contribution is -2.03. The van der Waals surface area contributed by atoms with E-state index in [4.69, 9.17) is 11.6 Å². The summed E-state index contributed by atoms with van der Waals surface area (Å²) in [6, 6.07) is 9.82. The SMILES string of the molecule is Cc1cc(Nc2ccccc2CCl)n2ncnc2n1. The number of aryl methyl sites for hydroxylation is 1. The monoisotopic (exact) mass is 273 g/mol. The van der Waals surface area contributed by atoms with E-state index in [1.54, 1.807) is 4.52 Å². The zero-order valence-electron chi connectivity index (χ0n) is 10.3. The lowest BCUT2D eigenvalue weighted by atomic mass is 10.2. The molecule has 0 unspecified atom stereocenters. The summed E-state index contributed by atoms with van der Waals surface area (Å²) in [6.45, 7) is 1.92. The summed E-state index contributed by atoms with van der Waals surface area (Å²) in [5.74, 6) is 1.84. The minimum absolute atomic E-state index is 0.452. The molecule has 0 radical (unpaired) electrons. The van der Waals surface area contributed by atoms with Crippen molar-refractivity contribution in [3.05, 3.63) is 47.9 Å². The predicted molar refractivity (Wildman–Crippen MR) is 74.8 cm³/mol. The van der Waals surface area contributed by atoms with Crippen LogP contribution in [0.1, 0.15) is 11.3 Å². The molecule has 3 rings (SSSR count). The number of benzene rings is 1. The summed E-state index contributed by atoms with van der Waals surface area (Å²) in [4.78, 5) is 8.40. The van der Waals surface area contributed by atoms with Crippen molar-refractivity contribution in [3.8, 4) is 0 Å². The smallest absolute Gasteiger partial charge is 0.254 e. The van der Waals surface area contributed by atoms with Crippen molar-refractivity contribution in [2.75, 3.05) is 5.32 Å². The van der Waals surface area contributed by atoms with Crippen LogP contribution in [0.3, 0.4) is 0 Å². The molecule has 1 aromatic carbocycles. The number of rotatable bonds is 3. The Balaban J connectivity index is 2.07. The fourth-order valence-corrected chi connectivity index (χ4v) is 2.15. The molecule has 0 bridgehead atoms. The first-order valence-corrected chi connectivity index (χ1v) is 6.39. The van der Waals surface area contributed by atoms with Gasteiger partial charge in [-0.05, 0) is 18.6 Å². The average molecular weight is 274 g/mol. The molecule has 0 aliphatic carbocycles. The summed E-state index contributed by atoms with van der Waals surface area (Å²) in [5, 5.41) is 7.49. The Hall–Kier alpha value is -2.14. The largest absolute Gasteiger partial charge is 0.340 e. The van der Waals surface area contributed by atoms with Crippen molar-refractivity contribution in [2.24, 2.45) is 0 Å². The molecule has 0 amide bonds. The molecular weight excluding hydrogens is 262 g/mol. The zero-order valence-corrected chi connectivity index (χ0v) is 11.1. The number of alkyl halides is 1. The van der Waals surface area contributed by atoms with Crippen molar-refractivity contribution < 1.29 is 0 Å². The van der Waals surface area contributed by atoms with Gasteiger partial charge in [0.1, 0.15) is 12.1 Å². The number of halogens is 1. The zero-order chi connectivity index (χ0) is 13.2. The van der Waals surface area contributed by atoms with E-state index in [9.17, 15) is 0 Å². The molecular formula is C13H12ClN5. The molecule has 0 fully saturated rings. The van der Waals surface area contributed by atoms with Gasteiger partial charge in [0.05, 0.1) is 0 Å². The molecule has 2 heterocycles. The maximum atomic E-state index is 5.94. The molecule has 0 atom stereocenters. The van der Waals surface area contributed by atoms with Gasteiger partial charge in [-0.3, -0.25) is 0 Å². The molecule has 0 saturated heterocycles. The summed E-state index contributed by atoms with van der Waals surface area (Å²) in [5.41, 5.74) is 2.87. The topological polar surface area (TPSA) is 55.1 Å². The highest BCUT2D eigenvalue weighted by atomic mass is 35.5. The fourth-order valence-electron chi connectivity index (χ4n) is 1.92. The highest BCUT2D eigenvalue weighted by Crippen LogP contribution is 2.22. The molecule has 0 saturated carbocycles. The number of nitrogens with zero attached hydrogens (tertiary/aromatic N) is 4. The Kier molecular flexibility index (Phi) is 3.05. The van der Waals surface area contributed by atoms with Crippen molar-refractivity contribution in [1.82, 2.24) is 19.6 Å². The first kappa shape index (κ1) is 11.9. The number of anilines is 2. The van der Waals surface area contributed by atoms with E-state index in [-0.39, 0.29) is 0 Å². The minimum Gasteiger partial charge on any atom is -0.340 e. The van der Waals surface area contributed by atoms with Gasteiger partial charge in [0.25, 0.3) is 5.78 Å². The van der Waals surface area contributed by atoms with E-state index < -0.39 is 0 Å². The van der Waals surface area contributed by atoms with Crippen LogP contribution >= 0.6 is 11.6 Å². The van der Waals surface area contributed by atoms with Gasteiger partial charge in [0.2, 0.25) is 0 Å². The van der Waals surface area contributed by atoms with Crippen LogP contribution in [0.4, 0.5) is 11.5 Å². The summed E-state index contributed by atoms with van der Waals surface area (Å²) >= 11 is 5.94. The molecule has 19 heavy (non-hydrogen) atoms. The number of nitrogens with one attached hydrogen (secondary N) is 1. The fraction of sp³-hybridized carbons (Fsp3) is 0.154. The molecule has 1 N–H and O–H groups in total. The van der Waals surface area contributed by atoms with Crippen LogP contribution < -0.4 is 5.32 Å². The van der Waals surface area contributed by atoms with Crippen molar-refractivity contribution in [1.29, 1.82) is 0 Å². The maximum Gasteiger partial charge on any atom is 0.254 e. The van der Waals surface area contributed by atoms with Gasteiger partial charge >= 0.3 is 0 Å². The van der Waals surface area contributed by atoms with Gasteiger partial charge in [-0.1, -0.05) is 18.2 Å². The number of hydrogen-bond acceptors (Lipinski definition) is 4. The summed E-state index contributed by atoms with van der Waals surface area (Å²) < 4.78 is 1.66. The number of aromatic nitrogens is 4. The Labute approximate surface area is 115 Å². The second-order valence-electron chi connectivity index (χ2n) is 4.17. The van der Waals surface area contributed by atoms with Crippen LogP contribution in [0.15, 0.2) is 36.7 Å². The van der Waals surface area contributed by atoms with Crippen molar-refractivity contribution in [3.63, 3.8) is 0 Å².